The SMILES string of the molecule is CCN(CC)C(=S)SSC(=S)N(CC)CC.CN(C)C(=S)SSC(=S)N(C)C.CN(C)C(=S)SSC(=S)N(C)C. The minimum absolute atomic E-state index is 0.837. The highest BCUT2D eigenvalue weighted by Gasteiger charge is 2.11. The summed E-state index contributed by atoms with van der Waals surface area (Å²) in [5.41, 5.74) is 0. The van der Waals surface area contributed by atoms with Crippen LogP contribution in [-0.2, 0) is 0 Å². The molecule has 0 amide bonds. The summed E-state index contributed by atoms with van der Waals surface area (Å²) < 4.78 is 5.19. The molecule has 0 rings (SSSR count). The van der Waals surface area contributed by atoms with Gasteiger partial charge < -0.3 is 29.4 Å². The van der Waals surface area contributed by atoms with Gasteiger partial charge in [-0.2, -0.15) is 0 Å². The van der Waals surface area contributed by atoms with E-state index in [4.69, 9.17) is 73.3 Å². The Balaban J connectivity index is -0.000000522. The number of rotatable bonds is 4. The summed E-state index contributed by atoms with van der Waals surface area (Å²) in [6, 6.07) is 0. The van der Waals surface area contributed by atoms with Gasteiger partial charge in [-0.05, 0) is 92.5 Å². The smallest absolute Gasteiger partial charge is 0.147 e. The van der Waals surface area contributed by atoms with Crippen LogP contribution in [0.2, 0.25) is 0 Å². The molecule has 0 fully saturated rings. The standard InChI is InChI=1S/C10H20N2S4.2C6H12N2S4/c1-5-11(6-2)9(13)15-16-10(14)12(7-3)8-4;2*1-7(2)5(9)11-12-6(10)8(3)4/h5-8H2,1-4H3;2*1-4H3. The monoisotopic (exact) mass is 776 g/mol. The molecule has 0 heterocycles. The van der Waals surface area contributed by atoms with E-state index in [0.717, 1.165) is 52.1 Å². The van der Waals surface area contributed by atoms with E-state index in [1.54, 1.807) is 21.6 Å². The summed E-state index contributed by atoms with van der Waals surface area (Å²) in [6.07, 6.45) is 0. The van der Waals surface area contributed by atoms with Crippen LogP contribution in [0.1, 0.15) is 27.7 Å². The van der Waals surface area contributed by atoms with Crippen molar-refractivity contribution in [3.05, 3.63) is 0 Å². The van der Waals surface area contributed by atoms with Gasteiger partial charge in [-0.1, -0.05) is 73.3 Å². The number of hydrogen-bond acceptors (Lipinski definition) is 12. The highest BCUT2D eigenvalue weighted by atomic mass is 33.1. The lowest BCUT2D eigenvalue weighted by Crippen LogP contribution is -2.28. The second-order valence-electron chi connectivity index (χ2n) is 8.02. The fourth-order valence-corrected chi connectivity index (χ4v) is 9.39. The van der Waals surface area contributed by atoms with Crippen LogP contribution in [0.4, 0.5) is 0 Å². The van der Waals surface area contributed by atoms with E-state index in [9.17, 15) is 0 Å². The van der Waals surface area contributed by atoms with Gasteiger partial charge in [0, 0.05) is 82.6 Å². The van der Waals surface area contributed by atoms with Gasteiger partial charge in [0.25, 0.3) is 0 Å². The van der Waals surface area contributed by atoms with E-state index < -0.39 is 0 Å². The Morgan fingerprint density at radius 2 is 0.500 bits per heavy atom. The third kappa shape index (κ3) is 24.8. The van der Waals surface area contributed by atoms with Crippen molar-refractivity contribution in [1.82, 2.24) is 29.4 Å². The summed E-state index contributed by atoms with van der Waals surface area (Å²) in [5.74, 6) is 0. The van der Waals surface area contributed by atoms with Crippen LogP contribution < -0.4 is 0 Å². The molecule has 0 unspecified atom stereocenters. The van der Waals surface area contributed by atoms with Crippen molar-refractivity contribution in [2.75, 3.05) is 82.6 Å². The lowest BCUT2D eigenvalue weighted by atomic mass is 10.6. The normalized spacial score (nSPS) is 9.60. The Hall–Kier alpha value is 1.44. The van der Waals surface area contributed by atoms with Gasteiger partial charge in [-0.15, -0.1) is 0 Å². The Morgan fingerprint density at radius 1 is 0.350 bits per heavy atom. The molecular formula is C22H44N6S12. The van der Waals surface area contributed by atoms with Crippen LogP contribution in [0.3, 0.4) is 0 Å². The topological polar surface area (TPSA) is 19.4 Å². The van der Waals surface area contributed by atoms with Crippen LogP contribution in [0, 0.1) is 0 Å². The van der Waals surface area contributed by atoms with Crippen LogP contribution >= 0.6 is 138 Å². The van der Waals surface area contributed by atoms with Gasteiger partial charge in [0.1, 0.15) is 25.9 Å². The first-order chi connectivity index (χ1) is 18.5. The molecule has 0 aromatic rings. The van der Waals surface area contributed by atoms with Crippen molar-refractivity contribution >= 4 is 164 Å². The third-order valence-corrected chi connectivity index (χ3v) is 16.1. The maximum Gasteiger partial charge on any atom is 0.147 e. The molecule has 0 aliphatic heterocycles. The number of nitrogens with zero attached hydrogens (tertiary/aromatic N) is 6. The van der Waals surface area contributed by atoms with E-state index in [1.165, 1.54) is 43.2 Å². The molecule has 18 heteroatoms. The fourth-order valence-electron chi connectivity index (χ4n) is 1.58. The fraction of sp³-hybridized carbons (Fsp3) is 0.727. The van der Waals surface area contributed by atoms with E-state index in [0.29, 0.717) is 0 Å². The molecule has 0 bridgehead atoms. The second-order valence-corrected chi connectivity index (χ2v) is 18.2. The van der Waals surface area contributed by atoms with Gasteiger partial charge in [0.2, 0.25) is 0 Å². The first kappa shape index (κ1) is 45.9. The Morgan fingerprint density at radius 3 is 0.625 bits per heavy atom. The largest absolute Gasteiger partial charge is 0.363 e. The van der Waals surface area contributed by atoms with Crippen molar-refractivity contribution in [3.8, 4) is 0 Å². The Labute approximate surface area is 300 Å². The highest BCUT2D eigenvalue weighted by molar-refractivity contribution is 8.90. The van der Waals surface area contributed by atoms with Gasteiger partial charge in [0.15, 0.2) is 0 Å². The average Bonchev–Trinajstić information content (AvgIpc) is 2.90. The molecule has 0 aromatic heterocycles. The van der Waals surface area contributed by atoms with E-state index in [2.05, 4.69) is 37.5 Å². The van der Waals surface area contributed by atoms with Crippen molar-refractivity contribution in [3.63, 3.8) is 0 Å². The summed E-state index contributed by atoms with van der Waals surface area (Å²) in [7, 11) is 24.6. The van der Waals surface area contributed by atoms with E-state index in [-0.39, 0.29) is 0 Å². The number of thiocarbonyl (C=S) groups is 6. The summed E-state index contributed by atoms with van der Waals surface area (Å²) in [4.78, 5) is 11.9. The first-order valence-corrected chi connectivity index (χ1v) is 20.9. The second kappa shape index (κ2) is 28.0. The zero-order chi connectivity index (χ0) is 32.0. The lowest BCUT2D eigenvalue weighted by molar-refractivity contribution is 0.482. The molecule has 0 aliphatic carbocycles. The molecule has 0 spiro atoms. The summed E-state index contributed by atoms with van der Waals surface area (Å²) in [6.45, 7) is 12.3. The van der Waals surface area contributed by atoms with E-state index >= 15 is 0 Å². The molecule has 0 aliphatic rings. The molecular weight excluding hydrogens is 733 g/mol. The predicted molar refractivity (Wildman–Crippen MR) is 222 cm³/mol. The molecule has 0 saturated carbocycles. The summed E-state index contributed by atoms with van der Waals surface area (Å²) in [5, 5.41) is 0. The van der Waals surface area contributed by atoms with Gasteiger partial charge in [-0.3, -0.25) is 0 Å². The van der Waals surface area contributed by atoms with Crippen LogP contribution in [0.5, 0.6) is 0 Å². The molecule has 40 heavy (non-hydrogen) atoms. The number of hydrogen-bond donors (Lipinski definition) is 0. The van der Waals surface area contributed by atoms with Crippen LogP contribution in [0.15, 0.2) is 0 Å². The molecule has 234 valence electrons. The molecule has 0 radical (unpaired) electrons. The van der Waals surface area contributed by atoms with Crippen molar-refractivity contribution < 1.29 is 0 Å². The minimum atomic E-state index is 0.837. The Bertz CT molecular complexity index is 680. The average molecular weight is 777 g/mol. The molecule has 0 atom stereocenters. The zero-order valence-electron chi connectivity index (χ0n) is 25.4. The quantitative estimate of drug-likeness (QED) is 0.205. The highest BCUT2D eigenvalue weighted by Crippen LogP contribution is 2.28. The van der Waals surface area contributed by atoms with Crippen LogP contribution in [0.25, 0.3) is 0 Å². The maximum absolute atomic E-state index is 5.34. The van der Waals surface area contributed by atoms with Gasteiger partial charge >= 0.3 is 0 Å². The van der Waals surface area contributed by atoms with E-state index in [1.807, 2.05) is 76.0 Å². The Kier molecular flexibility index (Phi) is 32.0. The summed E-state index contributed by atoms with van der Waals surface area (Å²) >= 11 is 31.0. The molecule has 0 aromatic carbocycles. The van der Waals surface area contributed by atoms with Crippen LogP contribution in [-0.4, -0.2) is 138 Å². The van der Waals surface area contributed by atoms with Gasteiger partial charge in [0.05, 0.1) is 0 Å². The van der Waals surface area contributed by atoms with Crippen molar-refractivity contribution in [2.45, 2.75) is 27.7 Å². The van der Waals surface area contributed by atoms with Crippen molar-refractivity contribution in [2.24, 2.45) is 0 Å². The minimum Gasteiger partial charge on any atom is -0.363 e. The van der Waals surface area contributed by atoms with Gasteiger partial charge in [-0.25, -0.2) is 0 Å². The predicted octanol–water partition coefficient (Wildman–Crippen LogP) is 7.74. The maximum atomic E-state index is 5.34. The molecule has 0 N–H and O–H groups in total. The molecule has 0 saturated heterocycles. The zero-order valence-corrected chi connectivity index (χ0v) is 35.2. The lowest BCUT2D eigenvalue weighted by Gasteiger charge is -2.23. The first-order valence-electron chi connectivity index (χ1n) is 12.0. The third-order valence-electron chi connectivity index (χ3n) is 4.06. The van der Waals surface area contributed by atoms with Crippen molar-refractivity contribution in [1.29, 1.82) is 0 Å². The molecule has 6 nitrogen and oxygen atoms in total.